The van der Waals surface area contributed by atoms with Crippen LogP contribution in [-0.2, 0) is 16.1 Å². The fraction of sp³-hybridized carbons (Fsp3) is 0.429. The second-order valence-electron chi connectivity index (χ2n) is 7.20. The molecular weight excluding hydrogens is 326 g/mol. The van der Waals surface area contributed by atoms with Gasteiger partial charge in [0, 0.05) is 25.6 Å². The number of aromatic nitrogens is 1. The van der Waals surface area contributed by atoms with E-state index in [1.165, 1.54) is 11.1 Å². The van der Waals surface area contributed by atoms with Gasteiger partial charge in [-0.15, -0.1) is 0 Å². The van der Waals surface area contributed by atoms with Gasteiger partial charge in [0.1, 0.15) is 5.82 Å². The Morgan fingerprint density at radius 3 is 2.81 bits per heavy atom. The normalized spacial score (nSPS) is 22.8. The number of anilines is 1. The van der Waals surface area contributed by atoms with Gasteiger partial charge in [-0.1, -0.05) is 30.3 Å². The zero-order valence-electron chi connectivity index (χ0n) is 15.1. The highest BCUT2D eigenvalue weighted by Gasteiger charge is 2.44. The molecule has 1 saturated heterocycles. The van der Waals surface area contributed by atoms with Crippen LogP contribution >= 0.6 is 0 Å². The molecule has 0 radical (unpaired) electrons. The number of nitrogens with one attached hydrogen (secondary N) is 1. The number of hydrogen-bond acceptors (Lipinski definition) is 4. The molecular formula is C21H25N3O2. The number of aryl methyl sites for hydroxylation is 1. The Labute approximate surface area is 154 Å². The Morgan fingerprint density at radius 2 is 2.00 bits per heavy atom. The van der Waals surface area contributed by atoms with Gasteiger partial charge in [-0.25, -0.2) is 4.98 Å². The first-order valence-corrected chi connectivity index (χ1v) is 9.33. The van der Waals surface area contributed by atoms with E-state index in [1.807, 2.05) is 30.3 Å². The Morgan fingerprint density at radius 1 is 1.19 bits per heavy atom. The highest BCUT2D eigenvalue weighted by Crippen LogP contribution is 2.48. The lowest BCUT2D eigenvalue weighted by Gasteiger charge is -2.26. The molecule has 2 atom stereocenters. The maximum absolute atomic E-state index is 12.6. The predicted octanol–water partition coefficient (Wildman–Crippen LogP) is 2.96. The molecule has 26 heavy (non-hydrogen) atoms. The molecule has 2 aromatic rings. The lowest BCUT2D eigenvalue weighted by Crippen LogP contribution is -2.35. The van der Waals surface area contributed by atoms with E-state index < -0.39 is 0 Å². The number of hydrogen-bond donors (Lipinski definition) is 1. The van der Waals surface area contributed by atoms with E-state index in [9.17, 15) is 4.79 Å². The summed E-state index contributed by atoms with van der Waals surface area (Å²) in [7, 11) is 0. The molecule has 0 unspecified atom stereocenters. The zero-order valence-corrected chi connectivity index (χ0v) is 15.1. The first-order chi connectivity index (χ1) is 12.7. The summed E-state index contributed by atoms with van der Waals surface area (Å²) in [6.45, 7) is 6.31. The third-order valence-corrected chi connectivity index (χ3v) is 5.26. The van der Waals surface area contributed by atoms with E-state index in [-0.39, 0.29) is 11.8 Å². The second-order valence-corrected chi connectivity index (χ2v) is 7.20. The smallest absolute Gasteiger partial charge is 0.229 e. The highest BCUT2D eigenvalue weighted by atomic mass is 16.5. The van der Waals surface area contributed by atoms with Crippen LogP contribution in [0.25, 0.3) is 0 Å². The van der Waals surface area contributed by atoms with Crippen molar-refractivity contribution in [2.75, 3.05) is 31.6 Å². The molecule has 4 rings (SSSR count). The summed E-state index contributed by atoms with van der Waals surface area (Å²) < 4.78 is 5.38. The van der Waals surface area contributed by atoms with Crippen molar-refractivity contribution >= 4 is 11.7 Å². The largest absolute Gasteiger partial charge is 0.379 e. The molecule has 2 aliphatic rings. The average Bonchev–Trinajstić information content (AvgIpc) is 3.44. The molecule has 1 aromatic carbocycles. The van der Waals surface area contributed by atoms with Crippen molar-refractivity contribution in [2.45, 2.75) is 25.8 Å². The summed E-state index contributed by atoms with van der Waals surface area (Å²) in [6.07, 6.45) is 0.921. The van der Waals surface area contributed by atoms with Crippen molar-refractivity contribution in [3.8, 4) is 0 Å². The number of rotatable bonds is 5. The fourth-order valence-electron chi connectivity index (χ4n) is 3.68. The van der Waals surface area contributed by atoms with Gasteiger partial charge in [-0.2, -0.15) is 0 Å². The maximum Gasteiger partial charge on any atom is 0.229 e. The van der Waals surface area contributed by atoms with Gasteiger partial charge in [0.05, 0.1) is 18.9 Å². The SMILES string of the molecule is Cc1ccccc1[C@@H]1C[C@H]1C(=O)Nc1cccc(CN2CCOCC2)n1. The van der Waals surface area contributed by atoms with Gasteiger partial charge in [0.25, 0.3) is 0 Å². The first-order valence-electron chi connectivity index (χ1n) is 9.33. The molecule has 1 saturated carbocycles. The van der Waals surface area contributed by atoms with E-state index in [0.29, 0.717) is 11.7 Å². The molecule has 1 aliphatic heterocycles. The number of ether oxygens (including phenoxy) is 1. The number of benzene rings is 1. The summed E-state index contributed by atoms with van der Waals surface area (Å²) in [4.78, 5) is 19.5. The van der Waals surface area contributed by atoms with Crippen LogP contribution in [0.3, 0.4) is 0 Å². The van der Waals surface area contributed by atoms with Gasteiger partial charge in [-0.05, 0) is 42.5 Å². The minimum atomic E-state index is 0.0563. The van der Waals surface area contributed by atoms with Gasteiger partial charge in [-0.3, -0.25) is 9.69 Å². The summed E-state index contributed by atoms with van der Waals surface area (Å²) in [6, 6.07) is 14.2. The second kappa shape index (κ2) is 7.56. The van der Waals surface area contributed by atoms with Crippen LogP contribution in [-0.4, -0.2) is 42.1 Å². The van der Waals surface area contributed by atoms with Crippen molar-refractivity contribution in [2.24, 2.45) is 5.92 Å². The predicted molar refractivity (Wildman–Crippen MR) is 101 cm³/mol. The van der Waals surface area contributed by atoms with Crippen LogP contribution < -0.4 is 5.32 Å². The summed E-state index contributed by atoms with van der Waals surface area (Å²) in [5.74, 6) is 1.12. The molecule has 2 fully saturated rings. The van der Waals surface area contributed by atoms with E-state index >= 15 is 0 Å². The summed E-state index contributed by atoms with van der Waals surface area (Å²) >= 11 is 0. The van der Waals surface area contributed by atoms with E-state index in [0.717, 1.165) is 45.0 Å². The van der Waals surface area contributed by atoms with Crippen molar-refractivity contribution in [1.82, 2.24) is 9.88 Å². The Balaban J connectivity index is 1.36. The van der Waals surface area contributed by atoms with Crippen LogP contribution in [0, 0.1) is 12.8 Å². The van der Waals surface area contributed by atoms with Gasteiger partial charge in [0.2, 0.25) is 5.91 Å². The summed E-state index contributed by atoms with van der Waals surface area (Å²) in [5.41, 5.74) is 3.54. The third-order valence-electron chi connectivity index (χ3n) is 5.26. The molecule has 1 N–H and O–H groups in total. The minimum Gasteiger partial charge on any atom is -0.379 e. The molecule has 136 valence electrons. The van der Waals surface area contributed by atoms with Gasteiger partial charge < -0.3 is 10.1 Å². The van der Waals surface area contributed by atoms with Crippen molar-refractivity contribution in [3.05, 3.63) is 59.3 Å². The monoisotopic (exact) mass is 351 g/mol. The number of nitrogens with zero attached hydrogens (tertiary/aromatic N) is 2. The number of pyridine rings is 1. The molecule has 1 aromatic heterocycles. The minimum absolute atomic E-state index is 0.0563. The standard InChI is InChI=1S/C21H25N3O2/c1-15-5-2-3-7-17(15)18-13-19(18)21(25)23-20-8-4-6-16(22-20)14-24-9-11-26-12-10-24/h2-8,18-19H,9-14H2,1H3,(H,22,23,25)/t18-,19+/m0/s1. The third kappa shape index (κ3) is 3.94. The molecule has 0 spiro atoms. The molecule has 0 bridgehead atoms. The van der Waals surface area contributed by atoms with Crippen LogP contribution in [0.1, 0.15) is 29.2 Å². The Hall–Kier alpha value is -2.24. The lowest BCUT2D eigenvalue weighted by molar-refractivity contribution is -0.117. The topological polar surface area (TPSA) is 54.5 Å². The molecule has 1 amide bonds. The van der Waals surface area contributed by atoms with Gasteiger partial charge >= 0.3 is 0 Å². The first kappa shape index (κ1) is 17.2. The van der Waals surface area contributed by atoms with Crippen LogP contribution in [0.2, 0.25) is 0 Å². The van der Waals surface area contributed by atoms with E-state index in [2.05, 4.69) is 34.3 Å². The van der Waals surface area contributed by atoms with Crippen molar-refractivity contribution in [3.63, 3.8) is 0 Å². The van der Waals surface area contributed by atoms with Gasteiger partial charge in [0.15, 0.2) is 0 Å². The molecule has 1 aliphatic carbocycles. The van der Waals surface area contributed by atoms with Crippen molar-refractivity contribution < 1.29 is 9.53 Å². The molecule has 2 heterocycles. The van der Waals surface area contributed by atoms with E-state index in [4.69, 9.17) is 4.74 Å². The number of carbonyl (C=O) groups is 1. The average molecular weight is 351 g/mol. The van der Waals surface area contributed by atoms with Crippen molar-refractivity contribution in [1.29, 1.82) is 0 Å². The maximum atomic E-state index is 12.6. The highest BCUT2D eigenvalue weighted by molar-refractivity contribution is 5.94. The summed E-state index contributed by atoms with van der Waals surface area (Å²) in [5, 5.41) is 3.01. The van der Waals surface area contributed by atoms with E-state index in [1.54, 1.807) is 0 Å². The zero-order chi connectivity index (χ0) is 17.9. The molecule has 5 heteroatoms. The number of carbonyl (C=O) groups excluding carboxylic acids is 1. The fourth-order valence-corrected chi connectivity index (χ4v) is 3.68. The lowest BCUT2D eigenvalue weighted by atomic mass is 10.0. The van der Waals surface area contributed by atoms with Crippen LogP contribution in [0.15, 0.2) is 42.5 Å². The Kier molecular flexibility index (Phi) is 5.00. The number of amides is 1. The number of morpholine rings is 1. The molecule has 5 nitrogen and oxygen atoms in total. The quantitative estimate of drug-likeness (QED) is 0.900. The Bertz CT molecular complexity index is 786. The van der Waals surface area contributed by atoms with Crippen LogP contribution in [0.4, 0.5) is 5.82 Å². The van der Waals surface area contributed by atoms with Crippen LogP contribution in [0.5, 0.6) is 0 Å².